The van der Waals surface area contributed by atoms with Crippen LogP contribution in [0.25, 0.3) is 0 Å². The zero-order valence-electron chi connectivity index (χ0n) is 14.2. The van der Waals surface area contributed by atoms with Gasteiger partial charge in [-0.25, -0.2) is 4.79 Å². The summed E-state index contributed by atoms with van der Waals surface area (Å²) in [5, 5.41) is 2.59. The Morgan fingerprint density at radius 2 is 2.09 bits per heavy atom. The molecule has 1 heterocycles. The fourth-order valence-corrected chi connectivity index (χ4v) is 3.53. The van der Waals surface area contributed by atoms with Gasteiger partial charge < -0.3 is 16.0 Å². The van der Waals surface area contributed by atoms with Crippen molar-refractivity contribution < 1.29 is 9.59 Å². The molecule has 0 radical (unpaired) electrons. The van der Waals surface area contributed by atoms with Crippen LogP contribution in [-0.2, 0) is 4.79 Å². The van der Waals surface area contributed by atoms with Crippen molar-refractivity contribution in [3.05, 3.63) is 35.4 Å². The van der Waals surface area contributed by atoms with Crippen LogP contribution in [0.1, 0.15) is 50.2 Å². The van der Waals surface area contributed by atoms with Crippen LogP contribution < -0.4 is 11.1 Å². The molecule has 2 unspecified atom stereocenters. The second-order valence-electron chi connectivity index (χ2n) is 6.48. The van der Waals surface area contributed by atoms with E-state index >= 15 is 0 Å². The lowest BCUT2D eigenvalue weighted by atomic mass is 9.93. The Hall–Kier alpha value is -2.04. The van der Waals surface area contributed by atoms with E-state index in [-0.39, 0.29) is 11.9 Å². The lowest BCUT2D eigenvalue weighted by molar-refractivity contribution is -0.133. The van der Waals surface area contributed by atoms with Gasteiger partial charge >= 0.3 is 6.03 Å². The van der Waals surface area contributed by atoms with Crippen molar-refractivity contribution in [3.8, 4) is 0 Å². The SMILES string of the molecule is CCC[C@@H](NC(N)=O)C(=O)N1CC(c2ccccc2C)CC1C. The van der Waals surface area contributed by atoms with Gasteiger partial charge in [-0.15, -0.1) is 0 Å². The van der Waals surface area contributed by atoms with Crippen LogP contribution in [0.2, 0.25) is 0 Å². The topological polar surface area (TPSA) is 75.4 Å². The fourth-order valence-electron chi connectivity index (χ4n) is 3.53. The molecular weight excluding hydrogens is 290 g/mol. The Balaban J connectivity index is 2.12. The first kappa shape index (κ1) is 17.3. The Morgan fingerprint density at radius 1 is 1.39 bits per heavy atom. The van der Waals surface area contributed by atoms with Crippen molar-refractivity contribution in [2.45, 2.75) is 58.0 Å². The number of hydrogen-bond acceptors (Lipinski definition) is 2. The Morgan fingerprint density at radius 3 is 2.70 bits per heavy atom. The lowest BCUT2D eigenvalue weighted by Crippen LogP contribution is -2.51. The molecule has 0 aromatic heterocycles. The average Bonchev–Trinajstić information content (AvgIpc) is 2.88. The predicted octanol–water partition coefficient (Wildman–Crippen LogP) is 2.54. The van der Waals surface area contributed by atoms with Crippen molar-refractivity contribution in [2.75, 3.05) is 6.54 Å². The molecule has 5 heteroatoms. The van der Waals surface area contributed by atoms with E-state index in [4.69, 9.17) is 5.73 Å². The first-order valence-electron chi connectivity index (χ1n) is 8.36. The number of benzene rings is 1. The molecule has 2 rings (SSSR count). The van der Waals surface area contributed by atoms with Gasteiger partial charge in [-0.1, -0.05) is 37.6 Å². The summed E-state index contributed by atoms with van der Waals surface area (Å²) in [5.41, 5.74) is 7.79. The van der Waals surface area contributed by atoms with Gasteiger partial charge in [0.15, 0.2) is 0 Å². The van der Waals surface area contributed by atoms with E-state index in [1.54, 1.807) is 0 Å². The van der Waals surface area contributed by atoms with Gasteiger partial charge in [0, 0.05) is 18.5 Å². The van der Waals surface area contributed by atoms with Crippen LogP contribution >= 0.6 is 0 Å². The highest BCUT2D eigenvalue weighted by atomic mass is 16.2. The van der Waals surface area contributed by atoms with Crippen LogP contribution in [0.4, 0.5) is 4.79 Å². The van der Waals surface area contributed by atoms with Crippen LogP contribution in [-0.4, -0.2) is 35.5 Å². The van der Waals surface area contributed by atoms with E-state index in [1.807, 2.05) is 24.0 Å². The maximum Gasteiger partial charge on any atom is 0.312 e. The first-order chi connectivity index (χ1) is 10.9. The second kappa shape index (κ2) is 7.49. The number of urea groups is 1. The highest BCUT2D eigenvalue weighted by Gasteiger charge is 2.36. The summed E-state index contributed by atoms with van der Waals surface area (Å²) in [6.45, 7) is 6.88. The molecule has 0 saturated carbocycles. The minimum Gasteiger partial charge on any atom is -0.352 e. The number of hydrogen-bond donors (Lipinski definition) is 2. The monoisotopic (exact) mass is 317 g/mol. The van der Waals surface area contributed by atoms with E-state index in [1.165, 1.54) is 11.1 Å². The first-order valence-corrected chi connectivity index (χ1v) is 8.36. The molecule has 1 aliphatic heterocycles. The van der Waals surface area contributed by atoms with Gasteiger partial charge in [-0.05, 0) is 37.8 Å². The summed E-state index contributed by atoms with van der Waals surface area (Å²) in [5.74, 6) is 0.334. The van der Waals surface area contributed by atoms with Crippen LogP contribution in [0.5, 0.6) is 0 Å². The van der Waals surface area contributed by atoms with Crippen molar-refractivity contribution >= 4 is 11.9 Å². The summed E-state index contributed by atoms with van der Waals surface area (Å²) < 4.78 is 0. The zero-order valence-corrected chi connectivity index (χ0v) is 14.2. The Bertz CT molecular complexity index is 573. The molecule has 0 spiro atoms. The molecule has 23 heavy (non-hydrogen) atoms. The van der Waals surface area contributed by atoms with Gasteiger partial charge in [-0.3, -0.25) is 4.79 Å². The lowest BCUT2D eigenvalue weighted by Gasteiger charge is -2.27. The van der Waals surface area contributed by atoms with Crippen molar-refractivity contribution in [2.24, 2.45) is 5.73 Å². The van der Waals surface area contributed by atoms with Gasteiger partial charge in [0.25, 0.3) is 0 Å². The molecule has 3 N–H and O–H groups in total. The number of rotatable bonds is 5. The molecule has 126 valence electrons. The minimum absolute atomic E-state index is 0.0192. The van der Waals surface area contributed by atoms with E-state index in [0.717, 1.165) is 12.8 Å². The summed E-state index contributed by atoms with van der Waals surface area (Å²) in [6.07, 6.45) is 2.38. The third kappa shape index (κ3) is 4.03. The Kier molecular flexibility index (Phi) is 5.64. The van der Waals surface area contributed by atoms with E-state index in [2.05, 4.69) is 31.3 Å². The third-order valence-electron chi connectivity index (χ3n) is 4.68. The van der Waals surface area contributed by atoms with Gasteiger partial charge in [0.05, 0.1) is 0 Å². The number of nitrogens with zero attached hydrogens (tertiary/aromatic N) is 1. The molecule has 1 aliphatic rings. The predicted molar refractivity (Wildman–Crippen MR) is 91.1 cm³/mol. The highest BCUT2D eigenvalue weighted by Crippen LogP contribution is 2.33. The summed E-state index contributed by atoms with van der Waals surface area (Å²) in [4.78, 5) is 25.9. The number of amides is 3. The average molecular weight is 317 g/mol. The maximum absolute atomic E-state index is 12.8. The molecule has 1 aromatic carbocycles. The largest absolute Gasteiger partial charge is 0.352 e. The van der Waals surface area contributed by atoms with Crippen LogP contribution in [0.15, 0.2) is 24.3 Å². The minimum atomic E-state index is -0.640. The molecule has 0 bridgehead atoms. The number of nitrogens with two attached hydrogens (primary N) is 1. The van der Waals surface area contributed by atoms with Gasteiger partial charge in [-0.2, -0.15) is 0 Å². The number of primary amides is 1. The van der Waals surface area contributed by atoms with Crippen molar-refractivity contribution in [1.82, 2.24) is 10.2 Å². The normalized spacial score (nSPS) is 22.0. The summed E-state index contributed by atoms with van der Waals surface area (Å²) >= 11 is 0. The third-order valence-corrected chi connectivity index (χ3v) is 4.68. The van der Waals surface area contributed by atoms with E-state index < -0.39 is 12.1 Å². The molecule has 5 nitrogen and oxygen atoms in total. The summed E-state index contributed by atoms with van der Waals surface area (Å²) in [6, 6.07) is 7.35. The molecule has 0 aliphatic carbocycles. The van der Waals surface area contributed by atoms with Gasteiger partial charge in [0.1, 0.15) is 6.04 Å². The molecule has 3 amide bonds. The molecular formula is C18H27N3O2. The molecule has 1 saturated heterocycles. The Labute approximate surface area is 138 Å². The highest BCUT2D eigenvalue weighted by molar-refractivity contribution is 5.87. The van der Waals surface area contributed by atoms with Crippen LogP contribution in [0, 0.1) is 6.92 Å². The zero-order chi connectivity index (χ0) is 17.0. The van der Waals surface area contributed by atoms with Crippen molar-refractivity contribution in [3.63, 3.8) is 0 Å². The molecule has 3 atom stereocenters. The van der Waals surface area contributed by atoms with Crippen LogP contribution in [0.3, 0.4) is 0 Å². The fraction of sp³-hybridized carbons (Fsp3) is 0.556. The number of carbonyl (C=O) groups is 2. The maximum atomic E-state index is 12.8. The van der Waals surface area contributed by atoms with E-state index in [9.17, 15) is 9.59 Å². The van der Waals surface area contributed by atoms with E-state index in [0.29, 0.717) is 18.9 Å². The molecule has 1 fully saturated rings. The standard InChI is InChI=1S/C18H27N3O2/c1-4-7-16(20-18(19)23)17(22)21-11-14(10-13(21)3)15-9-6-5-8-12(15)2/h5-6,8-9,13-14,16H,4,7,10-11H2,1-3H3,(H3,19,20,23)/t13?,14?,16-/m1/s1. The molecule has 1 aromatic rings. The number of carbonyl (C=O) groups excluding carboxylic acids is 2. The summed E-state index contributed by atoms with van der Waals surface area (Å²) in [7, 11) is 0. The number of nitrogens with one attached hydrogen (secondary N) is 1. The van der Waals surface area contributed by atoms with Gasteiger partial charge in [0.2, 0.25) is 5.91 Å². The van der Waals surface area contributed by atoms with Crippen molar-refractivity contribution in [1.29, 1.82) is 0 Å². The quantitative estimate of drug-likeness (QED) is 0.875. The smallest absolute Gasteiger partial charge is 0.312 e. The second-order valence-corrected chi connectivity index (χ2v) is 6.48. The number of aryl methyl sites for hydroxylation is 1. The number of likely N-dealkylation sites (tertiary alicyclic amines) is 1.